The molecule has 9 heteroatoms. The van der Waals surface area contributed by atoms with Gasteiger partial charge in [0.05, 0.1) is 25.6 Å². The molecule has 0 aliphatic rings. The van der Waals surface area contributed by atoms with Gasteiger partial charge in [0, 0.05) is 17.5 Å². The molecular weight excluding hydrogens is 446 g/mol. The summed E-state index contributed by atoms with van der Waals surface area (Å²) in [5, 5.41) is 2.97. The Balaban J connectivity index is 1.59. The maximum Gasteiger partial charge on any atom is 0.296 e. The summed E-state index contributed by atoms with van der Waals surface area (Å²) in [6.07, 6.45) is 1.87. The van der Waals surface area contributed by atoms with Gasteiger partial charge in [-0.2, -0.15) is 9.50 Å². The number of hydrogen-bond donors (Lipinski definition) is 1. The molecule has 1 N–H and O–H groups in total. The van der Waals surface area contributed by atoms with Crippen molar-refractivity contribution in [1.82, 2.24) is 19.6 Å². The first kappa shape index (κ1) is 22.1. The van der Waals surface area contributed by atoms with E-state index in [2.05, 4.69) is 15.1 Å². The maximum absolute atomic E-state index is 13.4. The molecular formula is C26H23N5O4. The zero-order valence-corrected chi connectivity index (χ0v) is 19.3. The molecule has 0 fully saturated rings. The van der Waals surface area contributed by atoms with Crippen molar-refractivity contribution in [1.29, 1.82) is 0 Å². The van der Waals surface area contributed by atoms with Gasteiger partial charge in [-0.1, -0.05) is 48.5 Å². The fourth-order valence-corrected chi connectivity index (χ4v) is 3.95. The third-order valence-corrected chi connectivity index (χ3v) is 5.76. The van der Waals surface area contributed by atoms with Crippen molar-refractivity contribution in [3.8, 4) is 5.75 Å². The van der Waals surface area contributed by atoms with E-state index in [1.807, 2.05) is 54.6 Å². The molecule has 0 aliphatic heterocycles. The average molecular weight is 470 g/mol. The molecule has 176 valence electrons. The molecule has 0 spiro atoms. The van der Waals surface area contributed by atoms with E-state index in [-0.39, 0.29) is 29.6 Å². The Kier molecular flexibility index (Phi) is 5.88. The molecule has 5 rings (SSSR count). The second-order valence-corrected chi connectivity index (χ2v) is 8.01. The minimum absolute atomic E-state index is 0.133. The topological polar surface area (TPSA) is 106 Å². The number of methoxy groups -OCH3 is 1. The van der Waals surface area contributed by atoms with E-state index in [4.69, 9.17) is 9.15 Å². The highest BCUT2D eigenvalue weighted by Crippen LogP contribution is 2.23. The highest BCUT2D eigenvalue weighted by atomic mass is 16.5. The van der Waals surface area contributed by atoms with Crippen LogP contribution in [0.4, 0.5) is 5.95 Å². The maximum atomic E-state index is 13.4. The summed E-state index contributed by atoms with van der Waals surface area (Å²) < 4.78 is 12.1. The number of furan rings is 1. The summed E-state index contributed by atoms with van der Waals surface area (Å²) in [7, 11) is 1.57. The number of aromatic nitrogens is 4. The monoisotopic (exact) mass is 469 g/mol. The summed E-state index contributed by atoms with van der Waals surface area (Å²) in [5.74, 6) is 0.683. The van der Waals surface area contributed by atoms with Gasteiger partial charge in [-0.15, -0.1) is 0 Å². The first-order valence-corrected chi connectivity index (χ1v) is 11.0. The molecule has 0 saturated heterocycles. The van der Waals surface area contributed by atoms with Crippen LogP contribution in [0.15, 0.2) is 82.2 Å². The quantitative estimate of drug-likeness (QED) is 0.389. The Labute approximate surface area is 200 Å². The van der Waals surface area contributed by atoms with Crippen LogP contribution in [-0.2, 0) is 13.0 Å². The van der Waals surface area contributed by atoms with Crippen LogP contribution in [0.5, 0.6) is 5.75 Å². The number of nitrogens with one attached hydrogen (secondary N) is 1. The highest BCUT2D eigenvalue weighted by molar-refractivity contribution is 6.03. The molecule has 0 saturated carbocycles. The molecule has 5 aromatic rings. The van der Waals surface area contributed by atoms with Crippen molar-refractivity contribution in [3.63, 3.8) is 0 Å². The van der Waals surface area contributed by atoms with Crippen LogP contribution in [0.1, 0.15) is 32.9 Å². The van der Waals surface area contributed by atoms with Gasteiger partial charge in [0.25, 0.3) is 17.2 Å². The van der Waals surface area contributed by atoms with Crippen molar-refractivity contribution >= 4 is 17.6 Å². The summed E-state index contributed by atoms with van der Waals surface area (Å²) >= 11 is 0. The van der Waals surface area contributed by atoms with Crippen LogP contribution >= 0.6 is 0 Å². The van der Waals surface area contributed by atoms with Crippen molar-refractivity contribution in [2.45, 2.75) is 19.9 Å². The SMILES string of the molecule is COc1ccccc1CN(C(=O)c1ccco1)c1nc2nc(C)c(Cc3ccccc3)c(=O)n2[nH]1. The predicted molar refractivity (Wildman–Crippen MR) is 130 cm³/mol. The molecule has 35 heavy (non-hydrogen) atoms. The lowest BCUT2D eigenvalue weighted by Gasteiger charge is -2.19. The fourth-order valence-electron chi connectivity index (χ4n) is 3.95. The number of carbonyl (C=O) groups is 1. The Morgan fingerprint density at radius 2 is 1.83 bits per heavy atom. The number of ether oxygens (including phenoxy) is 1. The smallest absolute Gasteiger partial charge is 0.296 e. The number of nitrogens with zero attached hydrogens (tertiary/aromatic N) is 4. The summed E-state index contributed by atoms with van der Waals surface area (Å²) in [4.78, 5) is 37.1. The van der Waals surface area contributed by atoms with Gasteiger partial charge in [-0.3, -0.25) is 19.6 Å². The number of rotatable bonds is 7. The number of H-pyrrole nitrogens is 1. The van der Waals surface area contributed by atoms with Gasteiger partial charge in [0.2, 0.25) is 5.95 Å². The minimum Gasteiger partial charge on any atom is -0.496 e. The number of hydrogen-bond acceptors (Lipinski definition) is 6. The molecule has 0 bridgehead atoms. The van der Waals surface area contributed by atoms with Gasteiger partial charge in [0.15, 0.2) is 5.76 Å². The van der Waals surface area contributed by atoms with Gasteiger partial charge < -0.3 is 9.15 Å². The molecule has 3 aromatic heterocycles. The number of aryl methyl sites for hydroxylation is 1. The van der Waals surface area contributed by atoms with Gasteiger partial charge in [-0.05, 0) is 30.7 Å². The highest BCUT2D eigenvalue weighted by Gasteiger charge is 2.26. The number of benzene rings is 2. The van der Waals surface area contributed by atoms with E-state index < -0.39 is 5.91 Å². The summed E-state index contributed by atoms with van der Waals surface area (Å²) in [6.45, 7) is 1.92. The lowest BCUT2D eigenvalue weighted by molar-refractivity contribution is 0.0956. The Hall–Kier alpha value is -4.66. The number of anilines is 1. The van der Waals surface area contributed by atoms with Crippen molar-refractivity contribution in [3.05, 3.63) is 111 Å². The zero-order chi connectivity index (χ0) is 24.4. The molecule has 0 unspecified atom stereocenters. The molecule has 0 atom stereocenters. The number of para-hydroxylation sites is 1. The number of amides is 1. The third-order valence-electron chi connectivity index (χ3n) is 5.76. The third kappa shape index (κ3) is 4.31. The molecule has 0 radical (unpaired) electrons. The second-order valence-electron chi connectivity index (χ2n) is 8.01. The van der Waals surface area contributed by atoms with Crippen LogP contribution in [-0.4, -0.2) is 32.6 Å². The van der Waals surface area contributed by atoms with Crippen molar-refractivity contribution in [2.24, 2.45) is 0 Å². The molecule has 0 aliphatic carbocycles. The fraction of sp³-hybridized carbons (Fsp3) is 0.154. The predicted octanol–water partition coefficient (Wildman–Crippen LogP) is 3.77. The largest absolute Gasteiger partial charge is 0.496 e. The molecule has 2 aromatic carbocycles. The Morgan fingerprint density at radius 3 is 2.57 bits per heavy atom. The Morgan fingerprint density at radius 1 is 1.06 bits per heavy atom. The molecule has 3 heterocycles. The Bertz CT molecular complexity index is 1540. The lowest BCUT2D eigenvalue weighted by Crippen LogP contribution is -2.31. The van der Waals surface area contributed by atoms with E-state index in [1.54, 1.807) is 26.2 Å². The average Bonchev–Trinajstić information content (AvgIpc) is 3.56. The van der Waals surface area contributed by atoms with Crippen LogP contribution in [0.2, 0.25) is 0 Å². The van der Waals surface area contributed by atoms with Gasteiger partial charge >= 0.3 is 0 Å². The first-order valence-electron chi connectivity index (χ1n) is 11.0. The normalized spacial score (nSPS) is 11.0. The first-order chi connectivity index (χ1) is 17.0. The number of carbonyl (C=O) groups excluding carboxylic acids is 1. The van der Waals surface area contributed by atoms with E-state index in [1.165, 1.54) is 15.7 Å². The molecule has 9 nitrogen and oxygen atoms in total. The standard InChI is InChI=1S/C26H23N5O4/c1-17-20(15-18-9-4-3-5-10-18)23(32)31-25(27-17)28-26(29-31)30(24(33)22-13-8-14-35-22)16-19-11-6-7-12-21(19)34-2/h3-14H,15-16H2,1-2H3,(H,27,28,29). The van der Waals surface area contributed by atoms with Crippen LogP contribution in [0.25, 0.3) is 5.78 Å². The number of fused-ring (bicyclic) bond motifs is 1. The van der Waals surface area contributed by atoms with Crippen LogP contribution in [0.3, 0.4) is 0 Å². The van der Waals surface area contributed by atoms with E-state index in [9.17, 15) is 9.59 Å². The lowest BCUT2D eigenvalue weighted by atomic mass is 10.1. The van der Waals surface area contributed by atoms with E-state index in [0.29, 0.717) is 23.4 Å². The summed E-state index contributed by atoms with van der Waals surface area (Å²) in [6, 6.07) is 20.3. The van der Waals surface area contributed by atoms with Gasteiger partial charge in [-0.25, -0.2) is 4.98 Å². The van der Waals surface area contributed by atoms with E-state index >= 15 is 0 Å². The van der Waals surface area contributed by atoms with Crippen molar-refractivity contribution < 1.29 is 13.9 Å². The second kappa shape index (κ2) is 9.30. The number of aromatic amines is 1. The molecule has 1 amide bonds. The van der Waals surface area contributed by atoms with Gasteiger partial charge in [0.1, 0.15) is 5.75 Å². The van der Waals surface area contributed by atoms with Crippen molar-refractivity contribution in [2.75, 3.05) is 12.0 Å². The van der Waals surface area contributed by atoms with E-state index in [0.717, 1.165) is 11.1 Å². The zero-order valence-electron chi connectivity index (χ0n) is 19.3. The van der Waals surface area contributed by atoms with Crippen LogP contribution in [0, 0.1) is 6.92 Å². The van der Waals surface area contributed by atoms with Crippen LogP contribution < -0.4 is 15.2 Å². The minimum atomic E-state index is -0.422. The summed E-state index contributed by atoms with van der Waals surface area (Å²) in [5.41, 5.74) is 2.64.